The Morgan fingerprint density at radius 3 is 2.54 bits per heavy atom. The minimum Gasteiger partial charge on any atom is -0.493 e. The molecule has 1 aromatic heterocycles. The molecule has 0 aliphatic heterocycles. The number of allylic oxidation sites excluding steroid dienone is 3. The zero-order chi connectivity index (χ0) is 20.7. The van der Waals surface area contributed by atoms with E-state index in [1.165, 1.54) is 18.3 Å². The molecular weight excluding hydrogens is 356 g/mol. The predicted octanol–water partition coefficient (Wildman–Crippen LogP) is 5.66. The molecular formula is C23H30O5. The van der Waals surface area contributed by atoms with Gasteiger partial charge in [-0.1, -0.05) is 23.3 Å². The molecule has 1 heterocycles. The van der Waals surface area contributed by atoms with Gasteiger partial charge in [-0.3, -0.25) is 0 Å². The fraction of sp³-hybridized carbons (Fsp3) is 0.435. The summed E-state index contributed by atoms with van der Waals surface area (Å²) in [7, 11) is 1.53. The van der Waals surface area contributed by atoms with Gasteiger partial charge in [-0.25, -0.2) is 4.79 Å². The fourth-order valence-corrected chi connectivity index (χ4v) is 2.75. The lowest BCUT2D eigenvalue weighted by molar-refractivity contribution is 0.216. The van der Waals surface area contributed by atoms with Gasteiger partial charge in [0.25, 0.3) is 0 Å². The lowest BCUT2D eigenvalue weighted by atomic mass is 10.1. The standard InChI is InChI=1S/C23H30O5/c1-15(2)9-7-10-17(5)13-14-26-21-18-11-8-12-19(25-6)20(18)28-23(24)22(21)27-16(3)4/h8-9,11-13,16H,7,10,14H2,1-6H3. The molecule has 5 nitrogen and oxygen atoms in total. The second-order valence-electron chi connectivity index (χ2n) is 7.23. The molecule has 0 radical (unpaired) electrons. The number of fused-ring (bicyclic) bond motifs is 1. The first-order chi connectivity index (χ1) is 13.3. The Bertz CT molecular complexity index is 914. The van der Waals surface area contributed by atoms with Crippen LogP contribution in [0, 0.1) is 0 Å². The fourth-order valence-electron chi connectivity index (χ4n) is 2.75. The lowest BCUT2D eigenvalue weighted by Gasteiger charge is -2.15. The number of benzene rings is 1. The number of hydrogen-bond acceptors (Lipinski definition) is 5. The molecule has 0 atom stereocenters. The van der Waals surface area contributed by atoms with Crippen LogP contribution in [0.5, 0.6) is 17.2 Å². The third-order valence-electron chi connectivity index (χ3n) is 4.13. The SMILES string of the molecule is COc1cccc2c(OCC=C(C)CCC=C(C)C)c(OC(C)C)c(=O)oc12. The second kappa shape index (κ2) is 10.0. The van der Waals surface area contributed by atoms with Gasteiger partial charge in [0.1, 0.15) is 6.61 Å². The Balaban J connectivity index is 2.35. The maximum Gasteiger partial charge on any atom is 0.383 e. The highest BCUT2D eigenvalue weighted by atomic mass is 16.5. The van der Waals surface area contributed by atoms with Crippen molar-refractivity contribution >= 4 is 11.0 Å². The quantitative estimate of drug-likeness (QED) is 0.411. The third kappa shape index (κ3) is 5.65. The maximum absolute atomic E-state index is 12.5. The first-order valence-corrected chi connectivity index (χ1v) is 9.55. The van der Waals surface area contributed by atoms with Crippen molar-refractivity contribution in [2.24, 2.45) is 0 Å². The Labute approximate surface area is 166 Å². The van der Waals surface area contributed by atoms with Crippen LogP contribution in [0.2, 0.25) is 0 Å². The van der Waals surface area contributed by atoms with E-state index in [1.54, 1.807) is 6.07 Å². The van der Waals surface area contributed by atoms with Gasteiger partial charge in [-0.15, -0.1) is 0 Å². The van der Waals surface area contributed by atoms with Crippen LogP contribution < -0.4 is 19.8 Å². The van der Waals surface area contributed by atoms with Crippen LogP contribution in [0.25, 0.3) is 11.0 Å². The van der Waals surface area contributed by atoms with Gasteiger partial charge in [-0.05, 0) is 65.7 Å². The van der Waals surface area contributed by atoms with Crippen LogP contribution in [0.1, 0.15) is 47.5 Å². The summed E-state index contributed by atoms with van der Waals surface area (Å²) in [6.07, 6.45) is 6.03. The monoisotopic (exact) mass is 386 g/mol. The van der Waals surface area contributed by atoms with E-state index in [2.05, 4.69) is 26.8 Å². The van der Waals surface area contributed by atoms with E-state index >= 15 is 0 Å². The van der Waals surface area contributed by atoms with Crippen molar-refractivity contribution < 1.29 is 18.6 Å². The van der Waals surface area contributed by atoms with Gasteiger partial charge in [0.05, 0.1) is 18.6 Å². The number of methoxy groups -OCH3 is 1. The summed E-state index contributed by atoms with van der Waals surface area (Å²) in [6, 6.07) is 5.40. The van der Waals surface area contributed by atoms with Crippen molar-refractivity contribution in [2.75, 3.05) is 13.7 Å². The van der Waals surface area contributed by atoms with Crippen LogP contribution in [0.3, 0.4) is 0 Å². The number of rotatable bonds is 9. The van der Waals surface area contributed by atoms with E-state index in [0.29, 0.717) is 29.1 Å². The molecule has 0 aliphatic carbocycles. The summed E-state index contributed by atoms with van der Waals surface area (Å²) in [5, 5.41) is 0.644. The largest absolute Gasteiger partial charge is 0.493 e. The van der Waals surface area contributed by atoms with Crippen molar-refractivity contribution in [3.8, 4) is 17.2 Å². The minimum atomic E-state index is -0.579. The topological polar surface area (TPSA) is 57.9 Å². The summed E-state index contributed by atoms with van der Waals surface area (Å²) in [6.45, 7) is 10.3. The minimum absolute atomic E-state index is 0.0892. The predicted molar refractivity (Wildman–Crippen MR) is 113 cm³/mol. The molecule has 0 aliphatic rings. The molecule has 2 rings (SSSR count). The zero-order valence-electron chi connectivity index (χ0n) is 17.6. The number of para-hydroxylation sites is 1. The molecule has 0 unspecified atom stereocenters. The van der Waals surface area contributed by atoms with Gasteiger partial charge < -0.3 is 18.6 Å². The molecule has 0 spiro atoms. The Hall–Kier alpha value is -2.69. The van der Waals surface area contributed by atoms with Gasteiger partial charge in [-0.2, -0.15) is 0 Å². The Morgan fingerprint density at radius 2 is 1.89 bits per heavy atom. The molecule has 0 N–H and O–H groups in total. The molecule has 0 saturated carbocycles. The van der Waals surface area contributed by atoms with Gasteiger partial charge in [0, 0.05) is 0 Å². The smallest absolute Gasteiger partial charge is 0.383 e. The molecule has 1 aromatic carbocycles. The van der Waals surface area contributed by atoms with E-state index in [0.717, 1.165) is 12.8 Å². The molecule has 0 fully saturated rings. The zero-order valence-corrected chi connectivity index (χ0v) is 17.6. The summed E-state index contributed by atoms with van der Waals surface area (Å²) < 4.78 is 22.5. The molecule has 0 amide bonds. The highest BCUT2D eigenvalue weighted by Gasteiger charge is 2.20. The van der Waals surface area contributed by atoms with E-state index in [9.17, 15) is 4.79 Å². The summed E-state index contributed by atoms with van der Waals surface area (Å²) in [5.41, 5.74) is 2.32. The highest BCUT2D eigenvalue weighted by Crippen LogP contribution is 2.37. The summed E-state index contributed by atoms with van der Waals surface area (Å²) >= 11 is 0. The van der Waals surface area contributed by atoms with Crippen LogP contribution in [-0.2, 0) is 0 Å². The Kier molecular flexibility index (Phi) is 7.73. The van der Waals surface area contributed by atoms with Crippen LogP contribution in [-0.4, -0.2) is 19.8 Å². The molecule has 152 valence electrons. The average Bonchev–Trinajstić information content (AvgIpc) is 2.63. The summed E-state index contributed by atoms with van der Waals surface area (Å²) in [4.78, 5) is 12.5. The first kappa shape index (κ1) is 21.6. The molecule has 0 saturated heterocycles. The maximum atomic E-state index is 12.5. The Morgan fingerprint density at radius 1 is 1.14 bits per heavy atom. The van der Waals surface area contributed by atoms with Crippen molar-refractivity contribution in [2.45, 2.75) is 53.6 Å². The van der Waals surface area contributed by atoms with Crippen LogP contribution in [0.15, 0.2) is 50.7 Å². The lowest BCUT2D eigenvalue weighted by Crippen LogP contribution is -2.15. The van der Waals surface area contributed by atoms with Crippen LogP contribution in [0.4, 0.5) is 0 Å². The normalized spacial score (nSPS) is 11.6. The molecule has 28 heavy (non-hydrogen) atoms. The van der Waals surface area contributed by atoms with Crippen molar-refractivity contribution in [1.82, 2.24) is 0 Å². The van der Waals surface area contributed by atoms with Gasteiger partial charge in [0.15, 0.2) is 17.1 Å². The third-order valence-corrected chi connectivity index (χ3v) is 4.13. The average molecular weight is 386 g/mol. The van der Waals surface area contributed by atoms with Crippen molar-refractivity contribution in [1.29, 1.82) is 0 Å². The van der Waals surface area contributed by atoms with Crippen molar-refractivity contribution in [3.05, 3.63) is 51.9 Å². The molecule has 0 bridgehead atoms. The number of ether oxygens (including phenoxy) is 3. The highest BCUT2D eigenvalue weighted by molar-refractivity contribution is 5.89. The van der Waals surface area contributed by atoms with E-state index in [4.69, 9.17) is 18.6 Å². The first-order valence-electron chi connectivity index (χ1n) is 9.55. The number of hydrogen-bond donors (Lipinski definition) is 0. The van der Waals surface area contributed by atoms with Gasteiger partial charge >= 0.3 is 5.63 Å². The van der Waals surface area contributed by atoms with E-state index in [-0.39, 0.29) is 11.9 Å². The van der Waals surface area contributed by atoms with E-state index in [1.807, 2.05) is 32.1 Å². The summed E-state index contributed by atoms with van der Waals surface area (Å²) in [5.74, 6) is 0.947. The van der Waals surface area contributed by atoms with Gasteiger partial charge in [0.2, 0.25) is 5.75 Å². The molecule has 5 heteroatoms. The van der Waals surface area contributed by atoms with E-state index < -0.39 is 5.63 Å². The van der Waals surface area contributed by atoms with Crippen LogP contribution >= 0.6 is 0 Å². The van der Waals surface area contributed by atoms with Crippen molar-refractivity contribution in [3.63, 3.8) is 0 Å². The molecule has 2 aromatic rings. The second-order valence-corrected chi connectivity index (χ2v) is 7.23.